The molecule has 158 valence electrons. The molecule has 7 nitrogen and oxygen atoms in total. The molecule has 0 saturated carbocycles. The molecular weight excluding hydrogens is 435 g/mol. The highest BCUT2D eigenvalue weighted by Crippen LogP contribution is 2.34. The van der Waals surface area contributed by atoms with E-state index in [4.69, 9.17) is 38.7 Å². The lowest BCUT2D eigenvalue weighted by molar-refractivity contribution is 0.120. The van der Waals surface area contributed by atoms with E-state index in [9.17, 15) is 0 Å². The van der Waals surface area contributed by atoms with Crippen LogP contribution >= 0.6 is 23.2 Å². The minimum atomic E-state index is 0.152. The quantitative estimate of drug-likeness (QED) is 0.442. The molecule has 0 bridgehead atoms. The van der Waals surface area contributed by atoms with Crippen molar-refractivity contribution in [2.24, 2.45) is 0 Å². The van der Waals surface area contributed by atoms with E-state index in [2.05, 4.69) is 15.4 Å². The predicted octanol–water partition coefficient (Wildman–Crippen LogP) is 4.96. The highest BCUT2D eigenvalue weighted by Gasteiger charge is 2.21. The maximum Gasteiger partial charge on any atom is 0.225 e. The molecule has 9 heteroatoms. The molecule has 0 aliphatic carbocycles. The number of hydrogen-bond acceptors (Lipinski definition) is 6. The summed E-state index contributed by atoms with van der Waals surface area (Å²) in [5.41, 5.74) is 9.15. The SMILES string of the molecule is Nc1c2c(-c3cccc(Cl)c3)nc(NCC3CCCO3)nc2nn1-c1ccccc1Cl. The Hall–Kier alpha value is -2.87. The van der Waals surface area contributed by atoms with Crippen LogP contribution in [0.5, 0.6) is 0 Å². The molecule has 2 aromatic heterocycles. The summed E-state index contributed by atoms with van der Waals surface area (Å²) in [6, 6.07) is 14.9. The van der Waals surface area contributed by atoms with E-state index < -0.39 is 0 Å². The van der Waals surface area contributed by atoms with Crippen LogP contribution in [-0.2, 0) is 4.74 Å². The Bertz CT molecular complexity index is 1250. The first kappa shape index (κ1) is 20.1. The van der Waals surface area contributed by atoms with Crippen molar-refractivity contribution in [2.45, 2.75) is 18.9 Å². The first-order valence-corrected chi connectivity index (χ1v) is 10.8. The van der Waals surface area contributed by atoms with Crippen LogP contribution in [0.4, 0.5) is 11.8 Å². The molecule has 1 aliphatic heterocycles. The van der Waals surface area contributed by atoms with Crippen molar-refractivity contribution in [1.82, 2.24) is 19.7 Å². The minimum Gasteiger partial charge on any atom is -0.383 e. The largest absolute Gasteiger partial charge is 0.383 e. The van der Waals surface area contributed by atoms with E-state index in [1.165, 1.54) is 0 Å². The van der Waals surface area contributed by atoms with Crippen LogP contribution in [0.1, 0.15) is 12.8 Å². The number of nitrogens with one attached hydrogen (secondary N) is 1. The van der Waals surface area contributed by atoms with Gasteiger partial charge in [0.1, 0.15) is 5.82 Å². The predicted molar refractivity (Wildman–Crippen MR) is 124 cm³/mol. The van der Waals surface area contributed by atoms with Crippen molar-refractivity contribution in [2.75, 3.05) is 24.2 Å². The molecule has 1 aliphatic rings. The van der Waals surface area contributed by atoms with Gasteiger partial charge in [-0.25, -0.2) is 9.67 Å². The van der Waals surface area contributed by atoms with Gasteiger partial charge in [-0.3, -0.25) is 0 Å². The Labute approximate surface area is 189 Å². The van der Waals surface area contributed by atoms with Gasteiger partial charge in [-0.1, -0.05) is 47.5 Å². The third-order valence-corrected chi connectivity index (χ3v) is 5.81. The van der Waals surface area contributed by atoms with E-state index >= 15 is 0 Å². The summed E-state index contributed by atoms with van der Waals surface area (Å²) >= 11 is 12.6. The van der Waals surface area contributed by atoms with Crippen molar-refractivity contribution in [3.05, 3.63) is 58.6 Å². The Kier molecular flexibility index (Phi) is 5.40. The van der Waals surface area contributed by atoms with Crippen LogP contribution < -0.4 is 11.1 Å². The molecule has 2 aromatic carbocycles. The van der Waals surface area contributed by atoms with Crippen LogP contribution in [-0.4, -0.2) is 39.0 Å². The van der Waals surface area contributed by atoms with E-state index in [1.807, 2.05) is 42.5 Å². The Balaban J connectivity index is 1.66. The highest BCUT2D eigenvalue weighted by atomic mass is 35.5. The lowest BCUT2D eigenvalue weighted by Gasteiger charge is -2.12. The van der Waals surface area contributed by atoms with E-state index in [1.54, 1.807) is 10.7 Å². The van der Waals surface area contributed by atoms with Crippen molar-refractivity contribution in [1.29, 1.82) is 0 Å². The van der Waals surface area contributed by atoms with Crippen molar-refractivity contribution in [3.8, 4) is 16.9 Å². The number of nitrogens with two attached hydrogens (primary N) is 1. The number of hydrogen-bond donors (Lipinski definition) is 2. The molecule has 0 radical (unpaired) electrons. The smallest absolute Gasteiger partial charge is 0.225 e. The molecule has 0 spiro atoms. The van der Waals surface area contributed by atoms with Gasteiger partial charge in [0, 0.05) is 23.7 Å². The third kappa shape index (κ3) is 3.92. The second kappa shape index (κ2) is 8.34. The number of rotatable bonds is 5. The maximum atomic E-state index is 6.53. The molecule has 31 heavy (non-hydrogen) atoms. The fraction of sp³-hybridized carbons (Fsp3) is 0.227. The molecule has 1 atom stereocenters. The molecule has 1 saturated heterocycles. The highest BCUT2D eigenvalue weighted by molar-refractivity contribution is 6.32. The lowest BCUT2D eigenvalue weighted by Crippen LogP contribution is -2.19. The summed E-state index contributed by atoms with van der Waals surface area (Å²) in [4.78, 5) is 9.38. The number of ether oxygens (including phenoxy) is 1. The molecule has 0 amide bonds. The van der Waals surface area contributed by atoms with Crippen molar-refractivity contribution in [3.63, 3.8) is 0 Å². The minimum absolute atomic E-state index is 0.152. The molecule has 3 N–H and O–H groups in total. The fourth-order valence-electron chi connectivity index (χ4n) is 3.75. The molecule has 1 fully saturated rings. The molecule has 3 heterocycles. The number of halogens is 2. The second-order valence-electron chi connectivity index (χ2n) is 7.37. The van der Waals surface area contributed by atoms with Crippen LogP contribution in [0.2, 0.25) is 10.0 Å². The summed E-state index contributed by atoms with van der Waals surface area (Å²) in [6.45, 7) is 1.42. The normalized spacial score (nSPS) is 16.1. The van der Waals surface area contributed by atoms with Crippen molar-refractivity contribution < 1.29 is 4.74 Å². The Morgan fingerprint density at radius 3 is 2.77 bits per heavy atom. The average Bonchev–Trinajstić information content (AvgIpc) is 3.40. The summed E-state index contributed by atoms with van der Waals surface area (Å²) in [5.74, 6) is 0.866. The molecule has 4 aromatic rings. The number of para-hydroxylation sites is 1. The molecule has 1 unspecified atom stereocenters. The van der Waals surface area contributed by atoms with Gasteiger partial charge in [0.05, 0.1) is 27.9 Å². The zero-order valence-electron chi connectivity index (χ0n) is 16.6. The zero-order valence-corrected chi connectivity index (χ0v) is 18.1. The first-order valence-electron chi connectivity index (χ1n) is 10.0. The summed E-state index contributed by atoms with van der Waals surface area (Å²) in [7, 11) is 0. The average molecular weight is 455 g/mol. The standard InChI is InChI=1S/C22H20Cl2N6O/c23-14-6-3-5-13(11-14)19-18-20(25)30(17-9-2-1-8-16(17)24)29-21(18)28-22(27-19)26-12-15-7-4-10-31-15/h1-3,5-6,8-9,11,15H,4,7,10,12,25H2,(H,26,28,29). The monoisotopic (exact) mass is 454 g/mol. The number of benzene rings is 2. The van der Waals surface area contributed by atoms with Crippen LogP contribution in [0.3, 0.4) is 0 Å². The van der Waals surface area contributed by atoms with Crippen LogP contribution in [0, 0.1) is 0 Å². The topological polar surface area (TPSA) is 90.9 Å². The van der Waals surface area contributed by atoms with E-state index in [0.717, 1.165) is 25.0 Å². The van der Waals surface area contributed by atoms with Gasteiger partial charge in [0.2, 0.25) is 5.95 Å². The van der Waals surface area contributed by atoms with Gasteiger partial charge in [-0.05, 0) is 37.1 Å². The van der Waals surface area contributed by atoms with Gasteiger partial charge < -0.3 is 15.8 Å². The molecular formula is C22H20Cl2N6O. The number of aromatic nitrogens is 4. The Morgan fingerprint density at radius 2 is 2.00 bits per heavy atom. The number of anilines is 2. The number of nitrogen functional groups attached to an aromatic ring is 1. The fourth-order valence-corrected chi connectivity index (χ4v) is 4.16. The van der Waals surface area contributed by atoms with E-state index in [-0.39, 0.29) is 6.10 Å². The first-order chi connectivity index (χ1) is 15.1. The van der Waals surface area contributed by atoms with E-state index in [0.29, 0.717) is 50.8 Å². The van der Waals surface area contributed by atoms with Crippen LogP contribution in [0.25, 0.3) is 28.0 Å². The van der Waals surface area contributed by atoms with Gasteiger partial charge in [0.15, 0.2) is 5.65 Å². The van der Waals surface area contributed by atoms with Gasteiger partial charge in [-0.2, -0.15) is 4.98 Å². The molecule has 5 rings (SSSR count). The van der Waals surface area contributed by atoms with Crippen LogP contribution in [0.15, 0.2) is 48.5 Å². The van der Waals surface area contributed by atoms with Gasteiger partial charge in [0.25, 0.3) is 0 Å². The maximum absolute atomic E-state index is 6.53. The zero-order chi connectivity index (χ0) is 21.4. The van der Waals surface area contributed by atoms with Gasteiger partial charge in [-0.15, -0.1) is 5.10 Å². The van der Waals surface area contributed by atoms with Gasteiger partial charge >= 0.3 is 0 Å². The second-order valence-corrected chi connectivity index (χ2v) is 8.21. The number of nitrogens with zero attached hydrogens (tertiary/aromatic N) is 4. The third-order valence-electron chi connectivity index (χ3n) is 5.26. The number of fused-ring (bicyclic) bond motifs is 1. The Morgan fingerprint density at radius 1 is 1.13 bits per heavy atom. The summed E-state index contributed by atoms with van der Waals surface area (Å²) in [6.07, 6.45) is 2.24. The van der Waals surface area contributed by atoms with Crippen molar-refractivity contribution >= 4 is 46.0 Å². The lowest BCUT2D eigenvalue weighted by atomic mass is 10.1. The summed E-state index contributed by atoms with van der Waals surface area (Å²) in [5, 5.41) is 9.72. The summed E-state index contributed by atoms with van der Waals surface area (Å²) < 4.78 is 7.29.